The molecule has 2 aromatic rings. The largest absolute Gasteiger partial charge is 0.454 e. The van der Waals surface area contributed by atoms with E-state index in [-0.39, 0.29) is 12.2 Å². The van der Waals surface area contributed by atoms with Crippen molar-refractivity contribution in [2.24, 2.45) is 0 Å². The molecule has 0 aliphatic carbocycles. The highest BCUT2D eigenvalue weighted by atomic mass is 79.9. The van der Waals surface area contributed by atoms with E-state index in [1.807, 2.05) is 18.2 Å². The van der Waals surface area contributed by atoms with Crippen LogP contribution in [0.15, 0.2) is 46.9 Å². The van der Waals surface area contributed by atoms with Gasteiger partial charge in [-0.05, 0) is 42.0 Å². The number of rotatable bonds is 3. The van der Waals surface area contributed by atoms with Crippen molar-refractivity contribution in [2.45, 2.75) is 6.42 Å². The van der Waals surface area contributed by atoms with Gasteiger partial charge in [-0.15, -0.1) is 0 Å². The zero-order chi connectivity index (χ0) is 13.0. The lowest BCUT2D eigenvalue weighted by Crippen LogP contribution is -1.91. The van der Waals surface area contributed by atoms with Crippen LogP contribution in [0.3, 0.4) is 0 Å². The van der Waals surface area contributed by atoms with Gasteiger partial charge in [-0.3, -0.25) is 0 Å². The summed E-state index contributed by atoms with van der Waals surface area (Å²) in [7, 11) is 0. The molecular formula is C14H9BrFNO. The van der Waals surface area contributed by atoms with E-state index in [0.29, 0.717) is 5.75 Å². The lowest BCUT2D eigenvalue weighted by molar-refractivity contribution is 0.441. The molecule has 2 aromatic carbocycles. The van der Waals surface area contributed by atoms with Crippen LogP contribution < -0.4 is 4.74 Å². The molecule has 0 heterocycles. The Hall–Kier alpha value is -1.86. The number of nitriles is 1. The van der Waals surface area contributed by atoms with Crippen LogP contribution >= 0.6 is 15.9 Å². The molecule has 18 heavy (non-hydrogen) atoms. The van der Waals surface area contributed by atoms with Gasteiger partial charge >= 0.3 is 0 Å². The molecule has 2 rings (SSSR count). The fourth-order valence-corrected chi connectivity index (χ4v) is 1.72. The maximum Gasteiger partial charge on any atom is 0.165 e. The zero-order valence-corrected chi connectivity index (χ0v) is 10.9. The molecule has 0 saturated heterocycles. The Morgan fingerprint density at radius 3 is 2.56 bits per heavy atom. The van der Waals surface area contributed by atoms with E-state index in [4.69, 9.17) is 10.00 Å². The van der Waals surface area contributed by atoms with Gasteiger partial charge in [0.2, 0.25) is 0 Å². The normalized spacial score (nSPS) is 9.83. The third-order valence-electron chi connectivity index (χ3n) is 2.32. The van der Waals surface area contributed by atoms with Gasteiger partial charge in [-0.2, -0.15) is 5.26 Å². The van der Waals surface area contributed by atoms with Crippen LogP contribution in [0.5, 0.6) is 11.5 Å². The van der Waals surface area contributed by atoms with Crippen molar-refractivity contribution in [1.82, 2.24) is 0 Å². The minimum atomic E-state index is -0.445. The van der Waals surface area contributed by atoms with Crippen molar-refractivity contribution in [3.63, 3.8) is 0 Å². The Balaban J connectivity index is 2.25. The summed E-state index contributed by atoms with van der Waals surface area (Å²) in [6, 6.07) is 13.5. The van der Waals surface area contributed by atoms with Crippen molar-refractivity contribution in [1.29, 1.82) is 5.26 Å². The Bertz CT molecular complexity index is 590. The number of hydrogen-bond acceptors (Lipinski definition) is 2. The molecule has 90 valence electrons. The Labute approximate surface area is 113 Å². The van der Waals surface area contributed by atoms with Crippen LogP contribution in [0, 0.1) is 17.1 Å². The second-order valence-corrected chi connectivity index (χ2v) is 4.57. The number of hydrogen-bond donors (Lipinski definition) is 0. The Morgan fingerprint density at radius 1 is 1.17 bits per heavy atom. The van der Waals surface area contributed by atoms with E-state index < -0.39 is 5.82 Å². The molecule has 0 amide bonds. The molecule has 0 fully saturated rings. The molecule has 0 radical (unpaired) electrons. The maximum absolute atomic E-state index is 13.6. The second kappa shape index (κ2) is 5.65. The summed E-state index contributed by atoms with van der Waals surface area (Å²) in [4.78, 5) is 0. The topological polar surface area (TPSA) is 33.0 Å². The first kappa shape index (κ1) is 12.6. The van der Waals surface area contributed by atoms with E-state index in [9.17, 15) is 4.39 Å². The van der Waals surface area contributed by atoms with Crippen LogP contribution in [0.25, 0.3) is 0 Å². The van der Waals surface area contributed by atoms with E-state index in [1.165, 1.54) is 6.07 Å². The van der Waals surface area contributed by atoms with E-state index in [2.05, 4.69) is 15.9 Å². The van der Waals surface area contributed by atoms with Gasteiger partial charge in [0.15, 0.2) is 11.6 Å². The molecule has 0 spiro atoms. The van der Waals surface area contributed by atoms with Crippen molar-refractivity contribution < 1.29 is 9.13 Å². The fourth-order valence-electron chi connectivity index (χ4n) is 1.46. The van der Waals surface area contributed by atoms with Crippen LogP contribution in [0.1, 0.15) is 5.56 Å². The van der Waals surface area contributed by atoms with E-state index >= 15 is 0 Å². The summed E-state index contributed by atoms with van der Waals surface area (Å²) in [5.74, 6) is 0.232. The summed E-state index contributed by atoms with van der Waals surface area (Å²) in [6.45, 7) is 0. The number of ether oxygens (including phenoxy) is 1. The smallest absolute Gasteiger partial charge is 0.165 e. The van der Waals surface area contributed by atoms with E-state index in [0.717, 1.165) is 10.0 Å². The Morgan fingerprint density at radius 2 is 1.89 bits per heavy atom. The highest BCUT2D eigenvalue weighted by Gasteiger charge is 2.06. The molecule has 0 aromatic heterocycles. The van der Waals surface area contributed by atoms with Gasteiger partial charge in [0.1, 0.15) is 5.75 Å². The van der Waals surface area contributed by atoms with Crippen molar-refractivity contribution in [3.8, 4) is 17.6 Å². The predicted molar refractivity (Wildman–Crippen MR) is 69.9 cm³/mol. The summed E-state index contributed by atoms with van der Waals surface area (Å²) in [5.41, 5.74) is 0.728. The summed E-state index contributed by atoms with van der Waals surface area (Å²) in [5, 5.41) is 8.61. The monoisotopic (exact) mass is 305 g/mol. The van der Waals surface area contributed by atoms with Gasteiger partial charge < -0.3 is 4.74 Å². The van der Waals surface area contributed by atoms with Crippen molar-refractivity contribution in [2.75, 3.05) is 0 Å². The maximum atomic E-state index is 13.6. The molecule has 0 N–H and O–H groups in total. The molecule has 0 unspecified atom stereocenters. The molecule has 0 aliphatic rings. The first-order valence-electron chi connectivity index (χ1n) is 5.28. The molecule has 0 bridgehead atoms. The van der Waals surface area contributed by atoms with Gasteiger partial charge in [-0.25, -0.2) is 4.39 Å². The standard InChI is InChI=1S/C14H9BrFNO/c15-11-2-4-12(5-3-11)18-14-9-10(7-8-17)1-6-13(14)16/h1-6,9H,7H2. The molecule has 0 atom stereocenters. The van der Waals surface area contributed by atoms with Crippen molar-refractivity contribution >= 4 is 15.9 Å². The van der Waals surface area contributed by atoms with Crippen LogP contribution in [-0.2, 0) is 6.42 Å². The van der Waals surface area contributed by atoms with E-state index in [1.54, 1.807) is 24.3 Å². The number of halogens is 2. The average Bonchev–Trinajstić information content (AvgIpc) is 2.36. The van der Waals surface area contributed by atoms with Crippen LogP contribution in [-0.4, -0.2) is 0 Å². The molecule has 0 saturated carbocycles. The lowest BCUT2D eigenvalue weighted by atomic mass is 10.1. The second-order valence-electron chi connectivity index (χ2n) is 3.66. The average molecular weight is 306 g/mol. The minimum Gasteiger partial charge on any atom is -0.454 e. The van der Waals surface area contributed by atoms with Gasteiger partial charge in [0, 0.05) is 4.47 Å². The van der Waals surface area contributed by atoms with Gasteiger partial charge in [-0.1, -0.05) is 22.0 Å². The third kappa shape index (κ3) is 3.08. The molecule has 2 nitrogen and oxygen atoms in total. The number of nitrogens with zero attached hydrogens (tertiary/aromatic N) is 1. The molecule has 0 aliphatic heterocycles. The highest BCUT2D eigenvalue weighted by molar-refractivity contribution is 9.10. The molecular weight excluding hydrogens is 297 g/mol. The minimum absolute atomic E-state index is 0.130. The summed E-state index contributed by atoms with van der Waals surface area (Å²) >= 11 is 3.31. The van der Waals surface area contributed by atoms with Crippen molar-refractivity contribution in [3.05, 3.63) is 58.3 Å². The third-order valence-corrected chi connectivity index (χ3v) is 2.85. The SMILES string of the molecule is N#CCc1ccc(F)c(Oc2ccc(Br)cc2)c1. The first-order chi connectivity index (χ1) is 8.69. The zero-order valence-electron chi connectivity index (χ0n) is 9.36. The summed E-state index contributed by atoms with van der Waals surface area (Å²) in [6.07, 6.45) is 0.233. The highest BCUT2D eigenvalue weighted by Crippen LogP contribution is 2.26. The molecule has 4 heteroatoms. The first-order valence-corrected chi connectivity index (χ1v) is 6.07. The predicted octanol–water partition coefficient (Wildman–Crippen LogP) is 4.45. The van der Waals surface area contributed by atoms with Crippen LogP contribution in [0.4, 0.5) is 4.39 Å². The lowest BCUT2D eigenvalue weighted by Gasteiger charge is -2.08. The Kier molecular flexibility index (Phi) is 3.96. The van der Waals surface area contributed by atoms with Crippen LogP contribution in [0.2, 0.25) is 0 Å². The van der Waals surface area contributed by atoms with Gasteiger partial charge in [0.05, 0.1) is 12.5 Å². The quantitative estimate of drug-likeness (QED) is 0.839. The van der Waals surface area contributed by atoms with Gasteiger partial charge in [0.25, 0.3) is 0 Å². The summed E-state index contributed by atoms with van der Waals surface area (Å²) < 4.78 is 19.9. The fraction of sp³-hybridized carbons (Fsp3) is 0.0714. The number of benzene rings is 2.